The van der Waals surface area contributed by atoms with E-state index in [1.54, 1.807) is 18.2 Å². The summed E-state index contributed by atoms with van der Waals surface area (Å²) < 4.78 is 10.2. The van der Waals surface area contributed by atoms with E-state index in [0.29, 0.717) is 11.5 Å². The second-order valence-corrected chi connectivity index (χ2v) is 5.81. The lowest BCUT2D eigenvalue weighted by Gasteiger charge is -2.09. The van der Waals surface area contributed by atoms with E-state index in [9.17, 15) is 9.59 Å². The molecular formula is C21H18O4. The van der Waals surface area contributed by atoms with Crippen LogP contribution in [0.2, 0.25) is 0 Å². The van der Waals surface area contributed by atoms with Gasteiger partial charge in [0.1, 0.15) is 11.5 Å². The van der Waals surface area contributed by atoms with E-state index in [1.807, 2.05) is 36.4 Å². The maximum absolute atomic E-state index is 11.1. The molecule has 3 aromatic rings. The van der Waals surface area contributed by atoms with Gasteiger partial charge in [0, 0.05) is 13.8 Å². The van der Waals surface area contributed by atoms with Crippen molar-refractivity contribution >= 4 is 22.7 Å². The number of ether oxygens (including phenoxy) is 2. The van der Waals surface area contributed by atoms with Gasteiger partial charge in [0.15, 0.2) is 0 Å². The lowest BCUT2D eigenvalue weighted by atomic mass is 9.98. The van der Waals surface area contributed by atoms with Gasteiger partial charge in [-0.25, -0.2) is 0 Å². The van der Waals surface area contributed by atoms with Gasteiger partial charge in [-0.2, -0.15) is 0 Å². The number of fused-ring (bicyclic) bond motifs is 1. The van der Waals surface area contributed by atoms with Gasteiger partial charge in [-0.1, -0.05) is 36.4 Å². The van der Waals surface area contributed by atoms with E-state index >= 15 is 0 Å². The molecule has 4 heteroatoms. The smallest absolute Gasteiger partial charge is 0.308 e. The van der Waals surface area contributed by atoms with Crippen LogP contribution in [-0.2, 0) is 16.0 Å². The first kappa shape index (κ1) is 16.7. The first-order valence-corrected chi connectivity index (χ1v) is 7.99. The van der Waals surface area contributed by atoms with Crippen LogP contribution < -0.4 is 9.47 Å². The molecule has 3 aromatic carbocycles. The summed E-state index contributed by atoms with van der Waals surface area (Å²) in [5.74, 6) is 0.428. The molecule has 0 atom stereocenters. The molecule has 0 unspecified atom stereocenters. The Bertz CT molecular complexity index is 926. The van der Waals surface area contributed by atoms with Crippen LogP contribution in [0.4, 0.5) is 0 Å². The molecule has 0 fully saturated rings. The van der Waals surface area contributed by atoms with Crippen molar-refractivity contribution in [2.24, 2.45) is 0 Å². The van der Waals surface area contributed by atoms with E-state index in [0.717, 1.165) is 22.8 Å². The third-order valence-corrected chi connectivity index (χ3v) is 3.78. The minimum absolute atomic E-state index is 0.328. The van der Waals surface area contributed by atoms with E-state index in [-0.39, 0.29) is 11.9 Å². The second-order valence-electron chi connectivity index (χ2n) is 5.81. The summed E-state index contributed by atoms with van der Waals surface area (Å²) in [4.78, 5) is 22.1. The van der Waals surface area contributed by atoms with Crippen LogP contribution in [0.25, 0.3) is 10.8 Å². The fourth-order valence-corrected chi connectivity index (χ4v) is 2.77. The maximum atomic E-state index is 11.1. The van der Waals surface area contributed by atoms with Gasteiger partial charge in [0.25, 0.3) is 0 Å². The van der Waals surface area contributed by atoms with Crippen LogP contribution in [0.1, 0.15) is 25.0 Å². The van der Waals surface area contributed by atoms with Crippen molar-refractivity contribution in [2.75, 3.05) is 0 Å². The Hall–Kier alpha value is -3.14. The summed E-state index contributed by atoms with van der Waals surface area (Å²) >= 11 is 0. The van der Waals surface area contributed by atoms with E-state index in [1.165, 1.54) is 19.4 Å². The quantitative estimate of drug-likeness (QED) is 0.528. The Labute approximate surface area is 146 Å². The predicted molar refractivity (Wildman–Crippen MR) is 95.8 cm³/mol. The minimum atomic E-state index is -0.330. The zero-order chi connectivity index (χ0) is 17.8. The van der Waals surface area contributed by atoms with Crippen molar-refractivity contribution in [2.45, 2.75) is 20.3 Å². The Morgan fingerprint density at radius 3 is 2.12 bits per heavy atom. The number of carbonyl (C=O) groups is 2. The molecular weight excluding hydrogens is 316 g/mol. The zero-order valence-electron chi connectivity index (χ0n) is 14.1. The normalized spacial score (nSPS) is 10.5. The van der Waals surface area contributed by atoms with Gasteiger partial charge < -0.3 is 9.47 Å². The third kappa shape index (κ3) is 4.23. The number of hydrogen-bond acceptors (Lipinski definition) is 4. The molecule has 0 heterocycles. The molecule has 126 valence electrons. The van der Waals surface area contributed by atoms with Gasteiger partial charge in [0.2, 0.25) is 0 Å². The molecule has 0 aliphatic rings. The topological polar surface area (TPSA) is 52.6 Å². The van der Waals surface area contributed by atoms with Gasteiger partial charge >= 0.3 is 11.9 Å². The zero-order valence-corrected chi connectivity index (χ0v) is 14.1. The summed E-state index contributed by atoms with van der Waals surface area (Å²) in [5.41, 5.74) is 2.29. The highest BCUT2D eigenvalue weighted by atomic mass is 16.5. The van der Waals surface area contributed by atoms with Crippen LogP contribution in [0, 0.1) is 0 Å². The predicted octanol–water partition coefficient (Wildman–Crippen LogP) is 4.28. The minimum Gasteiger partial charge on any atom is -0.427 e. The van der Waals surface area contributed by atoms with E-state index in [4.69, 9.17) is 9.47 Å². The van der Waals surface area contributed by atoms with Gasteiger partial charge in [-0.3, -0.25) is 9.59 Å². The number of hydrogen-bond donors (Lipinski definition) is 0. The molecule has 0 saturated carbocycles. The first-order chi connectivity index (χ1) is 12.0. The van der Waals surface area contributed by atoms with Crippen LogP contribution in [0.5, 0.6) is 11.5 Å². The van der Waals surface area contributed by atoms with Crippen molar-refractivity contribution in [3.8, 4) is 11.5 Å². The molecule has 3 rings (SSSR count). The largest absolute Gasteiger partial charge is 0.427 e. The van der Waals surface area contributed by atoms with Crippen molar-refractivity contribution in [3.05, 3.63) is 71.8 Å². The molecule has 0 amide bonds. The summed E-state index contributed by atoms with van der Waals surface area (Å²) in [5, 5.41) is 2.13. The summed E-state index contributed by atoms with van der Waals surface area (Å²) in [6, 6.07) is 19.2. The Kier molecular flexibility index (Phi) is 4.80. The van der Waals surface area contributed by atoms with Gasteiger partial charge in [0.05, 0.1) is 0 Å². The third-order valence-electron chi connectivity index (χ3n) is 3.78. The van der Waals surface area contributed by atoms with Crippen LogP contribution >= 0.6 is 0 Å². The highest BCUT2D eigenvalue weighted by Gasteiger charge is 2.06. The lowest BCUT2D eigenvalue weighted by molar-refractivity contribution is -0.132. The average molecular weight is 334 g/mol. The molecule has 0 aromatic heterocycles. The van der Waals surface area contributed by atoms with Crippen molar-refractivity contribution in [1.29, 1.82) is 0 Å². The molecule has 0 aliphatic heterocycles. The molecule has 25 heavy (non-hydrogen) atoms. The monoisotopic (exact) mass is 334 g/mol. The molecule has 0 saturated heterocycles. The van der Waals surface area contributed by atoms with Crippen molar-refractivity contribution in [1.82, 2.24) is 0 Å². The van der Waals surface area contributed by atoms with Crippen LogP contribution in [0.15, 0.2) is 60.7 Å². The molecule has 0 aliphatic carbocycles. The number of esters is 2. The highest BCUT2D eigenvalue weighted by molar-refractivity contribution is 5.88. The van der Waals surface area contributed by atoms with Crippen molar-refractivity contribution in [3.63, 3.8) is 0 Å². The number of carbonyl (C=O) groups excluding carboxylic acids is 2. The first-order valence-electron chi connectivity index (χ1n) is 7.99. The fourth-order valence-electron chi connectivity index (χ4n) is 2.77. The Morgan fingerprint density at radius 1 is 0.800 bits per heavy atom. The Morgan fingerprint density at radius 2 is 1.44 bits per heavy atom. The standard InChI is InChI=1S/C21H18O4/c1-14(22)24-19-8-6-16(7-9-19)12-17-4-3-5-18-13-20(25-15(2)23)10-11-21(17)18/h3-11,13H,12H2,1-2H3. The van der Waals surface area contributed by atoms with Crippen molar-refractivity contribution < 1.29 is 19.1 Å². The van der Waals surface area contributed by atoms with E-state index in [2.05, 4.69) is 6.07 Å². The Balaban J connectivity index is 1.86. The second kappa shape index (κ2) is 7.18. The molecule has 4 nitrogen and oxygen atoms in total. The van der Waals surface area contributed by atoms with Crippen LogP contribution in [-0.4, -0.2) is 11.9 Å². The van der Waals surface area contributed by atoms with Gasteiger partial charge in [-0.15, -0.1) is 0 Å². The summed E-state index contributed by atoms with van der Waals surface area (Å²) in [6.07, 6.45) is 0.755. The molecule has 0 bridgehead atoms. The van der Waals surface area contributed by atoms with Gasteiger partial charge in [-0.05, 0) is 52.6 Å². The SMILES string of the molecule is CC(=O)Oc1ccc(Cc2cccc3cc(OC(C)=O)ccc23)cc1. The highest BCUT2D eigenvalue weighted by Crippen LogP contribution is 2.26. The summed E-state index contributed by atoms with van der Waals surface area (Å²) in [6.45, 7) is 2.77. The molecule has 0 N–H and O–H groups in total. The van der Waals surface area contributed by atoms with Crippen LogP contribution in [0.3, 0.4) is 0 Å². The maximum Gasteiger partial charge on any atom is 0.308 e. The number of rotatable bonds is 4. The molecule has 0 radical (unpaired) electrons. The fraction of sp³-hybridized carbons (Fsp3) is 0.143. The number of benzene rings is 3. The average Bonchev–Trinajstić information content (AvgIpc) is 2.55. The van der Waals surface area contributed by atoms with E-state index < -0.39 is 0 Å². The lowest BCUT2D eigenvalue weighted by Crippen LogP contribution is -2.01. The molecule has 0 spiro atoms. The summed E-state index contributed by atoms with van der Waals surface area (Å²) in [7, 11) is 0.